The summed E-state index contributed by atoms with van der Waals surface area (Å²) >= 11 is 0. The van der Waals surface area contributed by atoms with Crippen LogP contribution >= 0.6 is 0 Å². The highest BCUT2D eigenvalue weighted by atomic mass is 19.1. The van der Waals surface area contributed by atoms with Crippen molar-refractivity contribution >= 4 is 17.1 Å². The first-order valence-electron chi connectivity index (χ1n) is 9.57. The maximum Gasteiger partial charge on any atom is 0.337 e. The molecule has 0 aliphatic carbocycles. The number of hydrogen-bond donors (Lipinski definition) is 0. The largest absolute Gasteiger partial charge is 0.465 e. The Morgan fingerprint density at radius 1 is 1.03 bits per heavy atom. The van der Waals surface area contributed by atoms with Crippen LogP contribution < -0.4 is 16.0 Å². The SMILES string of the molecule is COC(=O)c1ccc(Oc2nc3c(c(=O)n(Cc4ccccc4F)c(=O)n3C)n2C)cc1. The molecule has 0 spiro atoms. The van der Waals surface area contributed by atoms with Crippen LogP contribution in [0.3, 0.4) is 0 Å². The molecule has 0 amide bonds. The number of aryl methyl sites for hydroxylation is 2. The summed E-state index contributed by atoms with van der Waals surface area (Å²) in [6.45, 7) is -0.218. The normalized spacial score (nSPS) is 11.0. The first-order chi connectivity index (χ1) is 15.3. The van der Waals surface area contributed by atoms with Gasteiger partial charge in [0.25, 0.3) is 5.56 Å². The minimum absolute atomic E-state index is 0.0709. The van der Waals surface area contributed by atoms with Crippen LogP contribution in [-0.2, 0) is 25.4 Å². The Morgan fingerprint density at radius 3 is 2.38 bits per heavy atom. The Labute approximate surface area is 180 Å². The predicted octanol–water partition coefficient (Wildman–Crippen LogP) is 2.20. The van der Waals surface area contributed by atoms with E-state index >= 15 is 0 Å². The standard InChI is InChI=1S/C22H19FN4O5/c1-25-17-18(24-21(25)32-15-10-8-13(9-11-15)20(29)31-3)26(2)22(30)27(19(17)28)12-14-6-4-5-7-16(14)23/h4-11H,12H2,1-3H3. The molecule has 2 aromatic carbocycles. The number of imidazole rings is 1. The molecule has 10 heteroatoms. The van der Waals surface area contributed by atoms with Gasteiger partial charge in [0, 0.05) is 19.7 Å². The van der Waals surface area contributed by atoms with Gasteiger partial charge in [-0.15, -0.1) is 0 Å². The summed E-state index contributed by atoms with van der Waals surface area (Å²) in [6, 6.07) is 12.2. The molecule has 0 bridgehead atoms. The topological polar surface area (TPSA) is 97.4 Å². The van der Waals surface area contributed by atoms with E-state index in [1.807, 2.05) is 0 Å². The van der Waals surface area contributed by atoms with Crippen LogP contribution in [0.2, 0.25) is 0 Å². The van der Waals surface area contributed by atoms with Crippen molar-refractivity contribution in [2.45, 2.75) is 6.54 Å². The number of carbonyl (C=O) groups is 1. The lowest BCUT2D eigenvalue weighted by atomic mass is 10.2. The van der Waals surface area contributed by atoms with E-state index in [4.69, 9.17) is 4.74 Å². The summed E-state index contributed by atoms with van der Waals surface area (Å²) < 4.78 is 28.1. The minimum atomic E-state index is -0.627. The zero-order valence-corrected chi connectivity index (χ0v) is 17.5. The highest BCUT2D eigenvalue weighted by Gasteiger charge is 2.20. The second-order valence-electron chi connectivity index (χ2n) is 7.07. The van der Waals surface area contributed by atoms with Gasteiger partial charge in [0.15, 0.2) is 11.2 Å². The average molecular weight is 438 g/mol. The zero-order chi connectivity index (χ0) is 23.0. The van der Waals surface area contributed by atoms with Crippen LogP contribution in [0.1, 0.15) is 15.9 Å². The first kappa shape index (κ1) is 21.0. The number of rotatable bonds is 5. The van der Waals surface area contributed by atoms with E-state index in [0.717, 1.165) is 4.57 Å². The minimum Gasteiger partial charge on any atom is -0.465 e. The van der Waals surface area contributed by atoms with Gasteiger partial charge in [-0.25, -0.2) is 14.0 Å². The number of fused-ring (bicyclic) bond motifs is 1. The summed E-state index contributed by atoms with van der Waals surface area (Å²) in [6.07, 6.45) is 0. The molecule has 2 aromatic heterocycles. The van der Waals surface area contributed by atoms with Crippen molar-refractivity contribution < 1.29 is 18.7 Å². The fourth-order valence-corrected chi connectivity index (χ4v) is 3.33. The van der Waals surface area contributed by atoms with Crippen molar-refractivity contribution in [2.24, 2.45) is 14.1 Å². The fourth-order valence-electron chi connectivity index (χ4n) is 3.33. The van der Waals surface area contributed by atoms with Crippen LogP contribution in [0.4, 0.5) is 4.39 Å². The monoisotopic (exact) mass is 438 g/mol. The molecule has 0 fully saturated rings. The van der Waals surface area contributed by atoms with Gasteiger partial charge in [-0.3, -0.25) is 18.5 Å². The van der Waals surface area contributed by atoms with Crippen LogP contribution in [0.5, 0.6) is 11.8 Å². The maximum absolute atomic E-state index is 14.1. The van der Waals surface area contributed by atoms with E-state index in [-0.39, 0.29) is 29.3 Å². The second kappa shape index (κ2) is 8.14. The molecule has 0 saturated heterocycles. The molecule has 0 unspecified atom stereocenters. The van der Waals surface area contributed by atoms with Crippen molar-refractivity contribution in [3.63, 3.8) is 0 Å². The summed E-state index contributed by atoms with van der Waals surface area (Å²) in [5.41, 5.74) is -0.410. The Hall–Kier alpha value is -4.21. The molecule has 0 aliphatic heterocycles. The van der Waals surface area contributed by atoms with Gasteiger partial charge in [0.05, 0.1) is 19.2 Å². The van der Waals surface area contributed by atoms with Gasteiger partial charge in [0.1, 0.15) is 11.6 Å². The molecule has 9 nitrogen and oxygen atoms in total. The predicted molar refractivity (Wildman–Crippen MR) is 114 cm³/mol. The van der Waals surface area contributed by atoms with Crippen LogP contribution in [0.25, 0.3) is 11.2 Å². The van der Waals surface area contributed by atoms with Crippen molar-refractivity contribution in [2.75, 3.05) is 7.11 Å². The summed E-state index contributed by atoms with van der Waals surface area (Å²) in [5, 5.41) is 0. The van der Waals surface area contributed by atoms with Crippen LogP contribution in [-0.4, -0.2) is 31.8 Å². The third kappa shape index (κ3) is 3.55. The summed E-state index contributed by atoms with van der Waals surface area (Å²) in [5.74, 6) is -0.622. The number of halogens is 1. The molecular formula is C22H19FN4O5. The number of aromatic nitrogens is 4. The Kier molecular flexibility index (Phi) is 5.35. The van der Waals surface area contributed by atoms with Crippen LogP contribution in [0.15, 0.2) is 58.1 Å². The molecular weight excluding hydrogens is 419 g/mol. The third-order valence-electron chi connectivity index (χ3n) is 5.09. The Balaban J connectivity index is 1.77. The second-order valence-corrected chi connectivity index (χ2v) is 7.07. The number of methoxy groups -OCH3 is 1. The number of hydrogen-bond acceptors (Lipinski definition) is 6. The van der Waals surface area contributed by atoms with Gasteiger partial charge in [-0.2, -0.15) is 4.98 Å². The third-order valence-corrected chi connectivity index (χ3v) is 5.09. The summed E-state index contributed by atoms with van der Waals surface area (Å²) in [7, 11) is 4.34. The van der Waals surface area contributed by atoms with Crippen molar-refractivity contribution in [3.8, 4) is 11.8 Å². The van der Waals surface area contributed by atoms with Gasteiger partial charge >= 0.3 is 17.7 Å². The molecule has 0 radical (unpaired) electrons. The molecule has 0 saturated carbocycles. The van der Waals surface area contributed by atoms with E-state index in [1.165, 1.54) is 53.6 Å². The highest BCUT2D eigenvalue weighted by molar-refractivity contribution is 5.89. The average Bonchev–Trinajstić information content (AvgIpc) is 3.12. The zero-order valence-electron chi connectivity index (χ0n) is 17.5. The molecule has 0 N–H and O–H groups in total. The molecule has 0 aliphatic rings. The Morgan fingerprint density at radius 2 is 1.72 bits per heavy atom. The summed E-state index contributed by atoms with van der Waals surface area (Å²) in [4.78, 5) is 41.8. The molecule has 4 aromatic rings. The number of carbonyl (C=O) groups excluding carboxylic acids is 1. The highest BCUT2D eigenvalue weighted by Crippen LogP contribution is 2.23. The van der Waals surface area contributed by atoms with Gasteiger partial charge < -0.3 is 9.47 Å². The quantitative estimate of drug-likeness (QED) is 0.443. The molecule has 164 valence electrons. The van der Waals surface area contributed by atoms with Gasteiger partial charge in [-0.1, -0.05) is 18.2 Å². The molecule has 2 heterocycles. The van der Waals surface area contributed by atoms with E-state index in [9.17, 15) is 18.8 Å². The molecule has 4 rings (SSSR count). The first-order valence-corrected chi connectivity index (χ1v) is 9.57. The smallest absolute Gasteiger partial charge is 0.337 e. The van der Waals surface area contributed by atoms with E-state index in [2.05, 4.69) is 9.72 Å². The van der Waals surface area contributed by atoms with Gasteiger partial charge in [0.2, 0.25) is 0 Å². The Bertz CT molecular complexity index is 1450. The van der Waals surface area contributed by atoms with Crippen LogP contribution in [0, 0.1) is 5.82 Å². The number of benzene rings is 2. The van der Waals surface area contributed by atoms with E-state index in [0.29, 0.717) is 11.3 Å². The number of nitrogens with zero attached hydrogens (tertiary/aromatic N) is 4. The lowest BCUT2D eigenvalue weighted by Gasteiger charge is -2.09. The number of ether oxygens (including phenoxy) is 2. The maximum atomic E-state index is 14.1. The van der Waals surface area contributed by atoms with Gasteiger partial charge in [-0.05, 0) is 30.3 Å². The molecule has 32 heavy (non-hydrogen) atoms. The lowest BCUT2D eigenvalue weighted by Crippen LogP contribution is -2.40. The molecule has 0 atom stereocenters. The lowest BCUT2D eigenvalue weighted by molar-refractivity contribution is 0.0600. The fraction of sp³-hybridized carbons (Fsp3) is 0.182. The van der Waals surface area contributed by atoms with E-state index in [1.54, 1.807) is 25.2 Å². The van der Waals surface area contributed by atoms with Crippen molar-refractivity contribution in [1.29, 1.82) is 0 Å². The van der Waals surface area contributed by atoms with E-state index < -0.39 is 23.0 Å². The van der Waals surface area contributed by atoms with Crippen molar-refractivity contribution in [3.05, 3.63) is 86.3 Å². The van der Waals surface area contributed by atoms with Crippen molar-refractivity contribution in [1.82, 2.24) is 18.7 Å². The number of esters is 1.